The van der Waals surface area contributed by atoms with Gasteiger partial charge < -0.3 is 10.1 Å². The molecule has 1 N–H and O–H groups in total. The van der Waals surface area contributed by atoms with Gasteiger partial charge in [0.2, 0.25) is 0 Å². The van der Waals surface area contributed by atoms with E-state index in [1.54, 1.807) is 60.3 Å². The number of urea groups is 1. The number of nitrogens with zero attached hydrogens (tertiary/aromatic N) is 3. The van der Waals surface area contributed by atoms with Crippen LogP contribution in [-0.4, -0.2) is 34.9 Å². The van der Waals surface area contributed by atoms with E-state index >= 15 is 0 Å². The summed E-state index contributed by atoms with van der Waals surface area (Å²) in [6, 6.07) is 13.5. The second kappa shape index (κ2) is 9.22. The smallest absolute Gasteiger partial charge is 0.343 e. The van der Waals surface area contributed by atoms with E-state index in [2.05, 4.69) is 10.4 Å². The van der Waals surface area contributed by atoms with Crippen molar-refractivity contribution in [2.24, 2.45) is 0 Å². The highest BCUT2D eigenvalue weighted by Crippen LogP contribution is 2.23. The number of hydrogen-bond acceptors (Lipinski definition) is 4. The van der Waals surface area contributed by atoms with Crippen molar-refractivity contribution in [1.29, 1.82) is 0 Å². The fraction of sp³-hybridized carbons (Fsp3) is 0.261. The molecular formula is C23H25ClN4O3. The summed E-state index contributed by atoms with van der Waals surface area (Å²) >= 11 is 6.21. The fourth-order valence-electron chi connectivity index (χ4n) is 2.98. The zero-order valence-electron chi connectivity index (χ0n) is 18.1. The van der Waals surface area contributed by atoms with Gasteiger partial charge in [-0.3, -0.25) is 4.90 Å². The van der Waals surface area contributed by atoms with Crippen LogP contribution in [0.1, 0.15) is 35.6 Å². The molecule has 1 aromatic heterocycles. The SMILES string of the molecule is Cc1nn(-c2ccc(C(=O)Oc3ccc(N(C)C(=O)NC(C)C)cc3)cc2)c(C)c1Cl. The predicted molar refractivity (Wildman–Crippen MR) is 122 cm³/mol. The van der Waals surface area contributed by atoms with Gasteiger partial charge in [0, 0.05) is 18.8 Å². The average Bonchev–Trinajstić information content (AvgIpc) is 3.00. The number of hydrogen-bond donors (Lipinski definition) is 1. The van der Waals surface area contributed by atoms with Crippen molar-refractivity contribution in [3.8, 4) is 11.4 Å². The molecular weight excluding hydrogens is 416 g/mol. The molecule has 8 heteroatoms. The van der Waals surface area contributed by atoms with Crippen LogP contribution in [0.4, 0.5) is 10.5 Å². The number of carbonyl (C=O) groups excluding carboxylic acids is 2. The molecule has 0 spiro atoms. The Balaban J connectivity index is 1.67. The molecule has 0 aliphatic carbocycles. The van der Waals surface area contributed by atoms with Crippen LogP contribution >= 0.6 is 11.6 Å². The minimum atomic E-state index is -0.475. The van der Waals surface area contributed by atoms with Gasteiger partial charge in [-0.2, -0.15) is 5.10 Å². The molecule has 0 saturated heterocycles. The van der Waals surface area contributed by atoms with E-state index in [-0.39, 0.29) is 12.1 Å². The van der Waals surface area contributed by atoms with Crippen LogP contribution in [0.3, 0.4) is 0 Å². The Bertz CT molecular complexity index is 1090. The maximum atomic E-state index is 12.5. The van der Waals surface area contributed by atoms with E-state index in [0.29, 0.717) is 22.0 Å². The number of carbonyl (C=O) groups is 2. The second-order valence-corrected chi connectivity index (χ2v) is 7.87. The third-order valence-electron chi connectivity index (χ3n) is 4.70. The monoisotopic (exact) mass is 440 g/mol. The molecule has 1 heterocycles. The summed E-state index contributed by atoms with van der Waals surface area (Å²) in [5.74, 6) is -0.0857. The van der Waals surface area contributed by atoms with Crippen LogP contribution < -0.4 is 15.0 Å². The summed E-state index contributed by atoms with van der Waals surface area (Å²) in [5, 5.41) is 7.85. The van der Waals surface area contributed by atoms with Crippen LogP contribution in [0.5, 0.6) is 5.75 Å². The first kappa shape index (κ1) is 22.4. The largest absolute Gasteiger partial charge is 0.423 e. The standard InChI is InChI=1S/C23H25ClN4O3/c1-14(2)25-23(30)27(5)18-10-12-20(13-11-18)31-22(29)17-6-8-19(9-7-17)28-16(4)21(24)15(3)26-28/h6-14H,1-5H3,(H,25,30). The van der Waals surface area contributed by atoms with Crippen molar-refractivity contribution in [3.05, 3.63) is 70.5 Å². The molecule has 0 unspecified atom stereocenters. The van der Waals surface area contributed by atoms with Gasteiger partial charge in [0.05, 0.1) is 27.7 Å². The van der Waals surface area contributed by atoms with Crippen molar-refractivity contribution in [1.82, 2.24) is 15.1 Å². The van der Waals surface area contributed by atoms with Crippen molar-refractivity contribution in [2.75, 3.05) is 11.9 Å². The number of halogens is 1. The number of rotatable bonds is 5. The number of nitrogens with one attached hydrogen (secondary N) is 1. The van der Waals surface area contributed by atoms with Crippen LogP contribution in [0.25, 0.3) is 5.69 Å². The molecule has 0 radical (unpaired) electrons. The van der Waals surface area contributed by atoms with Gasteiger partial charge in [-0.25, -0.2) is 14.3 Å². The number of aromatic nitrogens is 2. The number of benzene rings is 2. The Hall–Kier alpha value is -3.32. The Morgan fingerprint density at radius 1 is 1.06 bits per heavy atom. The Labute approximate surface area is 186 Å². The summed E-state index contributed by atoms with van der Waals surface area (Å²) in [5.41, 5.74) is 3.48. The number of esters is 1. The molecule has 3 rings (SSSR count). The summed E-state index contributed by atoms with van der Waals surface area (Å²) < 4.78 is 7.18. The molecule has 2 aromatic carbocycles. The normalized spacial score (nSPS) is 10.8. The highest BCUT2D eigenvalue weighted by atomic mass is 35.5. The van der Waals surface area contributed by atoms with Crippen LogP contribution in [0, 0.1) is 13.8 Å². The maximum Gasteiger partial charge on any atom is 0.343 e. The molecule has 0 saturated carbocycles. The summed E-state index contributed by atoms with van der Waals surface area (Å²) in [4.78, 5) is 26.1. The first-order valence-corrected chi connectivity index (χ1v) is 10.2. The minimum Gasteiger partial charge on any atom is -0.423 e. The van der Waals surface area contributed by atoms with Gasteiger partial charge in [0.15, 0.2) is 0 Å². The third kappa shape index (κ3) is 5.06. The molecule has 0 aliphatic rings. The molecule has 0 atom stereocenters. The summed E-state index contributed by atoms with van der Waals surface area (Å²) in [6.45, 7) is 7.52. The van der Waals surface area contributed by atoms with Gasteiger partial charge >= 0.3 is 12.0 Å². The topological polar surface area (TPSA) is 76.5 Å². The highest BCUT2D eigenvalue weighted by molar-refractivity contribution is 6.31. The Morgan fingerprint density at radius 2 is 1.68 bits per heavy atom. The third-order valence-corrected chi connectivity index (χ3v) is 5.25. The highest BCUT2D eigenvalue weighted by Gasteiger charge is 2.14. The van der Waals surface area contributed by atoms with Gasteiger partial charge in [0.25, 0.3) is 0 Å². The lowest BCUT2D eigenvalue weighted by molar-refractivity contribution is 0.0734. The molecule has 2 amide bonds. The van der Waals surface area contributed by atoms with Crippen molar-refractivity contribution in [2.45, 2.75) is 33.7 Å². The lowest BCUT2D eigenvalue weighted by Crippen LogP contribution is -2.40. The van der Waals surface area contributed by atoms with Crippen LogP contribution in [0.2, 0.25) is 5.02 Å². The lowest BCUT2D eigenvalue weighted by atomic mass is 10.2. The molecule has 3 aromatic rings. The Morgan fingerprint density at radius 3 is 2.19 bits per heavy atom. The first-order valence-electron chi connectivity index (χ1n) is 9.86. The Kier molecular flexibility index (Phi) is 6.65. The van der Waals surface area contributed by atoms with Crippen molar-refractivity contribution >= 4 is 29.3 Å². The number of amides is 2. The zero-order valence-corrected chi connectivity index (χ0v) is 18.9. The molecule has 162 valence electrons. The molecule has 0 bridgehead atoms. The number of anilines is 1. The van der Waals surface area contributed by atoms with Crippen molar-refractivity contribution in [3.63, 3.8) is 0 Å². The lowest BCUT2D eigenvalue weighted by Gasteiger charge is -2.20. The predicted octanol–water partition coefficient (Wildman–Crippen LogP) is 4.92. The van der Waals surface area contributed by atoms with E-state index in [0.717, 1.165) is 17.1 Å². The molecule has 31 heavy (non-hydrogen) atoms. The quantitative estimate of drug-likeness (QED) is 0.451. The summed E-state index contributed by atoms with van der Waals surface area (Å²) in [6.07, 6.45) is 0. The number of aryl methyl sites for hydroxylation is 1. The maximum absolute atomic E-state index is 12.5. The van der Waals surface area contributed by atoms with Crippen LogP contribution in [-0.2, 0) is 0 Å². The van der Waals surface area contributed by atoms with E-state index in [1.807, 2.05) is 27.7 Å². The second-order valence-electron chi connectivity index (χ2n) is 7.49. The van der Waals surface area contributed by atoms with E-state index < -0.39 is 5.97 Å². The molecule has 0 aliphatic heterocycles. The van der Waals surface area contributed by atoms with Crippen LogP contribution in [0.15, 0.2) is 48.5 Å². The van der Waals surface area contributed by atoms with E-state index in [9.17, 15) is 9.59 Å². The molecule has 7 nitrogen and oxygen atoms in total. The van der Waals surface area contributed by atoms with Gasteiger partial charge in [-0.15, -0.1) is 0 Å². The van der Waals surface area contributed by atoms with E-state index in [1.165, 1.54) is 4.90 Å². The van der Waals surface area contributed by atoms with Gasteiger partial charge in [-0.1, -0.05) is 11.6 Å². The minimum absolute atomic E-state index is 0.0415. The van der Waals surface area contributed by atoms with Crippen molar-refractivity contribution < 1.29 is 14.3 Å². The number of ether oxygens (including phenoxy) is 1. The zero-order chi connectivity index (χ0) is 22.7. The average molecular weight is 441 g/mol. The first-order chi connectivity index (χ1) is 14.7. The molecule has 0 fully saturated rings. The summed E-state index contributed by atoms with van der Waals surface area (Å²) in [7, 11) is 1.68. The fourth-order valence-corrected chi connectivity index (χ4v) is 3.10. The van der Waals surface area contributed by atoms with E-state index in [4.69, 9.17) is 16.3 Å². The van der Waals surface area contributed by atoms with Gasteiger partial charge in [0.1, 0.15) is 5.75 Å². The van der Waals surface area contributed by atoms with Gasteiger partial charge in [-0.05, 0) is 76.2 Å².